The standard InChI is InChI=1S/C12H19NO3S/c1-3-10-4-5-11(17-10)12(15)13(6-8-14)7-9-16-2/h4-5,14H,3,6-9H2,1-2H3. The van der Waals surface area contributed by atoms with Crippen molar-refractivity contribution in [2.45, 2.75) is 13.3 Å². The fourth-order valence-electron chi connectivity index (χ4n) is 1.48. The zero-order valence-electron chi connectivity index (χ0n) is 10.3. The first-order valence-corrected chi connectivity index (χ1v) is 6.52. The molecule has 0 saturated carbocycles. The summed E-state index contributed by atoms with van der Waals surface area (Å²) in [6, 6.07) is 3.83. The van der Waals surface area contributed by atoms with Crippen LogP contribution in [0.2, 0.25) is 0 Å². The lowest BCUT2D eigenvalue weighted by Gasteiger charge is -2.20. The van der Waals surface area contributed by atoms with E-state index in [1.807, 2.05) is 12.1 Å². The summed E-state index contributed by atoms with van der Waals surface area (Å²) < 4.78 is 4.96. The van der Waals surface area contributed by atoms with Crippen molar-refractivity contribution in [2.75, 3.05) is 33.4 Å². The molecule has 0 atom stereocenters. The van der Waals surface area contributed by atoms with Crippen LogP contribution in [0.25, 0.3) is 0 Å². The Labute approximate surface area is 106 Å². The van der Waals surface area contributed by atoms with Crippen LogP contribution < -0.4 is 0 Å². The minimum Gasteiger partial charge on any atom is -0.395 e. The number of aliphatic hydroxyl groups is 1. The summed E-state index contributed by atoms with van der Waals surface area (Å²) in [5.41, 5.74) is 0. The predicted octanol–water partition coefficient (Wildman–Crippen LogP) is 1.39. The molecule has 0 saturated heterocycles. The number of aryl methyl sites for hydroxylation is 1. The van der Waals surface area contributed by atoms with E-state index in [0.29, 0.717) is 19.7 Å². The number of rotatable bonds is 7. The molecule has 1 heterocycles. The van der Waals surface area contributed by atoms with E-state index < -0.39 is 0 Å². The summed E-state index contributed by atoms with van der Waals surface area (Å²) in [6.07, 6.45) is 0.940. The number of hydrogen-bond donors (Lipinski definition) is 1. The zero-order valence-corrected chi connectivity index (χ0v) is 11.1. The van der Waals surface area contributed by atoms with Crippen LogP contribution >= 0.6 is 11.3 Å². The van der Waals surface area contributed by atoms with Gasteiger partial charge in [0.05, 0.1) is 18.1 Å². The van der Waals surface area contributed by atoms with Gasteiger partial charge in [0.15, 0.2) is 0 Å². The predicted molar refractivity (Wildman–Crippen MR) is 68.6 cm³/mol. The number of hydrogen-bond acceptors (Lipinski definition) is 4. The lowest BCUT2D eigenvalue weighted by Crippen LogP contribution is -2.35. The molecule has 0 radical (unpaired) electrons. The summed E-state index contributed by atoms with van der Waals surface area (Å²) in [4.78, 5) is 15.7. The van der Waals surface area contributed by atoms with Gasteiger partial charge in [-0.15, -0.1) is 11.3 Å². The smallest absolute Gasteiger partial charge is 0.264 e. The largest absolute Gasteiger partial charge is 0.395 e. The Hall–Kier alpha value is -0.910. The van der Waals surface area contributed by atoms with Crippen molar-refractivity contribution in [3.63, 3.8) is 0 Å². The molecule has 0 bridgehead atoms. The first kappa shape index (κ1) is 14.2. The number of methoxy groups -OCH3 is 1. The van der Waals surface area contributed by atoms with Gasteiger partial charge in [0.2, 0.25) is 0 Å². The SMILES string of the molecule is CCc1ccc(C(=O)N(CCO)CCOC)s1. The third-order valence-corrected chi connectivity index (χ3v) is 3.66. The van der Waals surface area contributed by atoms with Gasteiger partial charge in [0, 0.05) is 25.1 Å². The molecule has 0 aliphatic heterocycles. The molecule has 1 aromatic heterocycles. The lowest BCUT2D eigenvalue weighted by molar-refractivity contribution is 0.0661. The van der Waals surface area contributed by atoms with Crippen LogP contribution in [-0.4, -0.2) is 49.3 Å². The zero-order chi connectivity index (χ0) is 12.7. The molecule has 96 valence electrons. The second kappa shape index (κ2) is 7.42. The van der Waals surface area contributed by atoms with Crippen LogP contribution in [0.3, 0.4) is 0 Å². The van der Waals surface area contributed by atoms with Crippen LogP contribution in [0.4, 0.5) is 0 Å². The Morgan fingerprint density at radius 3 is 2.76 bits per heavy atom. The second-order valence-corrected chi connectivity index (χ2v) is 4.80. The maximum Gasteiger partial charge on any atom is 0.264 e. The van der Waals surface area contributed by atoms with E-state index in [2.05, 4.69) is 6.92 Å². The highest BCUT2D eigenvalue weighted by Gasteiger charge is 2.16. The highest BCUT2D eigenvalue weighted by atomic mass is 32.1. The molecule has 17 heavy (non-hydrogen) atoms. The molecule has 1 N–H and O–H groups in total. The van der Waals surface area contributed by atoms with Crippen LogP contribution in [0.5, 0.6) is 0 Å². The minimum absolute atomic E-state index is 0.0263. The van der Waals surface area contributed by atoms with Gasteiger partial charge in [-0.1, -0.05) is 6.92 Å². The van der Waals surface area contributed by atoms with Gasteiger partial charge in [0.1, 0.15) is 0 Å². The van der Waals surface area contributed by atoms with Crippen LogP contribution in [0.15, 0.2) is 12.1 Å². The quantitative estimate of drug-likeness (QED) is 0.803. The van der Waals surface area contributed by atoms with Crippen LogP contribution in [-0.2, 0) is 11.2 Å². The average Bonchev–Trinajstić information content (AvgIpc) is 2.82. The number of aliphatic hydroxyl groups excluding tert-OH is 1. The summed E-state index contributed by atoms with van der Waals surface area (Å²) >= 11 is 1.51. The summed E-state index contributed by atoms with van der Waals surface area (Å²) in [5.74, 6) is -0.0270. The molecule has 0 aliphatic carbocycles. The first-order chi connectivity index (χ1) is 8.22. The molecule has 0 fully saturated rings. The van der Waals surface area contributed by atoms with Gasteiger partial charge in [-0.2, -0.15) is 0 Å². The maximum atomic E-state index is 12.1. The highest BCUT2D eigenvalue weighted by Crippen LogP contribution is 2.18. The molecule has 0 aromatic carbocycles. The Bertz CT molecular complexity index is 351. The van der Waals surface area contributed by atoms with Gasteiger partial charge in [-0.05, 0) is 18.6 Å². The van der Waals surface area contributed by atoms with Crippen molar-refractivity contribution in [1.29, 1.82) is 0 Å². The van der Waals surface area contributed by atoms with Gasteiger partial charge >= 0.3 is 0 Å². The van der Waals surface area contributed by atoms with Crippen LogP contribution in [0, 0.1) is 0 Å². The molecular formula is C12H19NO3S. The molecule has 0 unspecified atom stereocenters. The van der Waals surface area contributed by atoms with E-state index >= 15 is 0 Å². The fourth-order valence-corrected chi connectivity index (χ4v) is 2.39. The van der Waals surface area contributed by atoms with E-state index in [-0.39, 0.29) is 12.5 Å². The van der Waals surface area contributed by atoms with E-state index in [4.69, 9.17) is 9.84 Å². The maximum absolute atomic E-state index is 12.1. The summed E-state index contributed by atoms with van der Waals surface area (Å²) in [7, 11) is 1.60. The molecule has 1 aromatic rings. The van der Waals surface area contributed by atoms with E-state index in [1.54, 1.807) is 12.0 Å². The Balaban J connectivity index is 2.68. The minimum atomic E-state index is -0.0270. The average molecular weight is 257 g/mol. The van der Waals surface area contributed by atoms with E-state index in [1.165, 1.54) is 16.2 Å². The van der Waals surface area contributed by atoms with Crippen molar-refractivity contribution in [1.82, 2.24) is 4.90 Å². The second-order valence-electron chi connectivity index (χ2n) is 3.63. The normalized spacial score (nSPS) is 10.5. The van der Waals surface area contributed by atoms with Gasteiger partial charge in [-0.3, -0.25) is 4.79 Å². The summed E-state index contributed by atoms with van der Waals surface area (Å²) in [5, 5.41) is 8.95. The molecule has 0 spiro atoms. The number of ether oxygens (including phenoxy) is 1. The molecule has 0 aliphatic rings. The van der Waals surface area contributed by atoms with Crippen molar-refractivity contribution in [3.8, 4) is 0 Å². The van der Waals surface area contributed by atoms with Crippen molar-refractivity contribution >= 4 is 17.2 Å². The van der Waals surface area contributed by atoms with Gasteiger partial charge < -0.3 is 14.7 Å². The lowest BCUT2D eigenvalue weighted by atomic mass is 10.3. The first-order valence-electron chi connectivity index (χ1n) is 5.70. The van der Waals surface area contributed by atoms with Gasteiger partial charge in [0.25, 0.3) is 5.91 Å². The molecule has 5 heteroatoms. The Kier molecular flexibility index (Phi) is 6.18. The van der Waals surface area contributed by atoms with Crippen molar-refractivity contribution in [2.24, 2.45) is 0 Å². The topological polar surface area (TPSA) is 49.8 Å². The third-order valence-electron chi connectivity index (χ3n) is 2.44. The third kappa shape index (κ3) is 4.11. The molecular weight excluding hydrogens is 238 g/mol. The van der Waals surface area contributed by atoms with Crippen molar-refractivity contribution in [3.05, 3.63) is 21.9 Å². The van der Waals surface area contributed by atoms with Gasteiger partial charge in [-0.25, -0.2) is 0 Å². The Morgan fingerprint density at radius 1 is 1.47 bits per heavy atom. The molecule has 4 nitrogen and oxygen atoms in total. The number of carbonyl (C=O) groups is 1. The number of thiophene rings is 1. The van der Waals surface area contributed by atoms with Crippen LogP contribution in [0.1, 0.15) is 21.5 Å². The molecule has 1 amide bonds. The number of amides is 1. The van der Waals surface area contributed by atoms with Crippen molar-refractivity contribution < 1.29 is 14.6 Å². The molecule has 1 rings (SSSR count). The van der Waals surface area contributed by atoms with E-state index in [9.17, 15) is 4.79 Å². The number of carbonyl (C=O) groups excluding carboxylic acids is 1. The Morgan fingerprint density at radius 2 is 2.24 bits per heavy atom. The summed E-state index contributed by atoms with van der Waals surface area (Å²) in [6.45, 7) is 3.38. The number of nitrogens with zero attached hydrogens (tertiary/aromatic N) is 1. The monoisotopic (exact) mass is 257 g/mol. The highest BCUT2D eigenvalue weighted by molar-refractivity contribution is 7.14. The van der Waals surface area contributed by atoms with E-state index in [0.717, 1.165) is 11.3 Å². The fraction of sp³-hybridized carbons (Fsp3) is 0.583.